The summed E-state index contributed by atoms with van der Waals surface area (Å²) in [6.45, 7) is 4.94. The summed E-state index contributed by atoms with van der Waals surface area (Å²) in [5.74, 6) is 2.86. The zero-order valence-electron chi connectivity index (χ0n) is 26.2. The number of rotatable bonds is 9. The number of likely N-dealkylation sites (tertiary alicyclic amines) is 1. The molecule has 230 valence electrons. The van der Waals surface area contributed by atoms with Crippen molar-refractivity contribution < 1.29 is 4.79 Å². The number of carbonyl (C=O) groups excluding carboxylic acids is 1. The lowest BCUT2D eigenvalue weighted by Gasteiger charge is -2.31. The van der Waals surface area contributed by atoms with Gasteiger partial charge in [-0.1, -0.05) is 93.4 Å². The van der Waals surface area contributed by atoms with Crippen LogP contribution in [0.3, 0.4) is 0 Å². The van der Waals surface area contributed by atoms with E-state index < -0.39 is 0 Å². The highest BCUT2D eigenvalue weighted by atomic mass is 16.2. The molecular formula is C38H42N6O. The van der Waals surface area contributed by atoms with E-state index in [0.717, 1.165) is 59.2 Å². The molecule has 7 rings (SSSR count). The molecule has 3 heterocycles. The SMILES string of the molecule is CC(C)[C@@H](Nc1ccccc1)C(=O)N1CCC[C@H]1c1ncc(-c2ccc(-c3ccc(-c4cnc(C5CCCC5)[nH]4)cc3)cc2)[nH]1. The van der Waals surface area contributed by atoms with Crippen LogP contribution in [-0.4, -0.2) is 43.3 Å². The average molecular weight is 599 g/mol. The third-order valence-electron chi connectivity index (χ3n) is 9.54. The fraction of sp³-hybridized carbons (Fsp3) is 0.342. The first-order chi connectivity index (χ1) is 22.0. The molecule has 1 saturated carbocycles. The lowest BCUT2D eigenvalue weighted by Crippen LogP contribution is -2.45. The summed E-state index contributed by atoms with van der Waals surface area (Å²) >= 11 is 0. The van der Waals surface area contributed by atoms with Crippen molar-refractivity contribution in [1.82, 2.24) is 24.8 Å². The fourth-order valence-corrected chi connectivity index (χ4v) is 6.95. The first-order valence-corrected chi connectivity index (χ1v) is 16.5. The van der Waals surface area contributed by atoms with E-state index in [9.17, 15) is 4.79 Å². The van der Waals surface area contributed by atoms with Crippen molar-refractivity contribution >= 4 is 11.6 Å². The Hall–Kier alpha value is -4.65. The van der Waals surface area contributed by atoms with Crippen LogP contribution in [0.2, 0.25) is 0 Å². The number of hydrogen-bond donors (Lipinski definition) is 3. The molecule has 7 nitrogen and oxygen atoms in total. The summed E-state index contributed by atoms with van der Waals surface area (Å²) in [4.78, 5) is 32.4. The number of benzene rings is 3. The summed E-state index contributed by atoms with van der Waals surface area (Å²) in [5.41, 5.74) is 7.59. The van der Waals surface area contributed by atoms with Gasteiger partial charge in [0, 0.05) is 18.2 Å². The number of hydrogen-bond acceptors (Lipinski definition) is 4. The number of carbonyl (C=O) groups is 1. The maximum Gasteiger partial charge on any atom is 0.245 e. The molecule has 1 aliphatic carbocycles. The predicted molar refractivity (Wildman–Crippen MR) is 181 cm³/mol. The Morgan fingerprint density at radius 1 is 0.733 bits per heavy atom. The van der Waals surface area contributed by atoms with Gasteiger partial charge in [0.1, 0.15) is 17.7 Å². The van der Waals surface area contributed by atoms with Gasteiger partial charge in [-0.15, -0.1) is 0 Å². The Bertz CT molecular complexity index is 1710. The number of H-pyrrole nitrogens is 2. The number of anilines is 1. The smallest absolute Gasteiger partial charge is 0.245 e. The molecular weight excluding hydrogens is 556 g/mol. The maximum absolute atomic E-state index is 13.8. The molecule has 2 fully saturated rings. The van der Waals surface area contributed by atoms with Crippen LogP contribution in [0, 0.1) is 5.92 Å². The standard InChI is InChI=1S/C38H42N6O/c1-25(2)35(41-31-11-4-3-5-12-31)38(45)44-22-8-13-34(44)37-40-24-33(43-37)29-20-16-27(17-21-29)26-14-18-28(19-15-26)32-23-39-36(42-32)30-9-6-7-10-30/h3-5,11-12,14-21,23-25,30,34-35,41H,6-10,13,22H2,1-2H3,(H,39,42)(H,40,43)/t34-,35+/m0/s1. The van der Waals surface area contributed by atoms with Crippen molar-refractivity contribution in [2.45, 2.75) is 70.4 Å². The molecule has 1 amide bonds. The summed E-state index contributed by atoms with van der Waals surface area (Å²) in [7, 11) is 0. The van der Waals surface area contributed by atoms with Crippen LogP contribution >= 0.6 is 0 Å². The molecule has 2 aromatic heterocycles. The van der Waals surface area contributed by atoms with Crippen molar-refractivity contribution in [2.24, 2.45) is 5.92 Å². The molecule has 5 aromatic rings. The lowest BCUT2D eigenvalue weighted by molar-refractivity contribution is -0.134. The molecule has 0 spiro atoms. The second-order valence-electron chi connectivity index (χ2n) is 12.9. The van der Waals surface area contributed by atoms with Crippen LogP contribution in [0.4, 0.5) is 5.69 Å². The molecule has 2 aliphatic rings. The minimum absolute atomic E-state index is 0.0491. The monoisotopic (exact) mass is 598 g/mol. The number of amides is 1. The molecule has 1 aliphatic heterocycles. The van der Waals surface area contributed by atoms with Crippen molar-refractivity contribution in [1.29, 1.82) is 0 Å². The molecule has 3 aromatic carbocycles. The minimum atomic E-state index is -0.294. The van der Waals surface area contributed by atoms with Gasteiger partial charge in [-0.25, -0.2) is 9.97 Å². The number of para-hydroxylation sites is 1. The van der Waals surface area contributed by atoms with Gasteiger partial charge in [0.05, 0.1) is 29.8 Å². The Balaban J connectivity index is 1.03. The number of nitrogens with one attached hydrogen (secondary N) is 3. The van der Waals surface area contributed by atoms with Crippen molar-refractivity contribution in [3.63, 3.8) is 0 Å². The Kier molecular flexibility index (Phi) is 8.25. The van der Waals surface area contributed by atoms with Crippen molar-refractivity contribution in [3.05, 3.63) is 103 Å². The van der Waals surface area contributed by atoms with E-state index in [0.29, 0.717) is 5.92 Å². The third-order valence-corrected chi connectivity index (χ3v) is 9.54. The van der Waals surface area contributed by atoms with Gasteiger partial charge in [0.15, 0.2) is 0 Å². The normalized spacial score (nSPS) is 17.7. The average Bonchev–Trinajstić information content (AvgIpc) is 3.91. The van der Waals surface area contributed by atoms with Crippen LogP contribution in [0.25, 0.3) is 33.6 Å². The molecule has 0 radical (unpaired) electrons. The Morgan fingerprint density at radius 3 is 1.89 bits per heavy atom. The van der Waals surface area contributed by atoms with E-state index in [-0.39, 0.29) is 23.9 Å². The highest BCUT2D eigenvalue weighted by molar-refractivity contribution is 5.85. The van der Waals surface area contributed by atoms with Crippen LogP contribution in [0.15, 0.2) is 91.3 Å². The molecule has 2 atom stereocenters. The lowest BCUT2D eigenvalue weighted by atomic mass is 10.0. The minimum Gasteiger partial charge on any atom is -0.373 e. The quantitative estimate of drug-likeness (QED) is 0.159. The maximum atomic E-state index is 13.8. The zero-order chi connectivity index (χ0) is 30.8. The van der Waals surface area contributed by atoms with Crippen LogP contribution < -0.4 is 5.32 Å². The van der Waals surface area contributed by atoms with Gasteiger partial charge < -0.3 is 20.2 Å². The van der Waals surface area contributed by atoms with Gasteiger partial charge in [0.25, 0.3) is 0 Å². The molecule has 0 unspecified atom stereocenters. The van der Waals surface area contributed by atoms with E-state index in [1.54, 1.807) is 0 Å². The number of imidazole rings is 2. The second kappa shape index (κ2) is 12.8. The molecule has 45 heavy (non-hydrogen) atoms. The Labute approximate surface area is 265 Å². The highest BCUT2D eigenvalue weighted by Crippen LogP contribution is 2.35. The summed E-state index contributed by atoms with van der Waals surface area (Å²) in [6.07, 6.45) is 10.8. The number of aromatic amines is 2. The second-order valence-corrected chi connectivity index (χ2v) is 12.9. The van der Waals surface area contributed by atoms with E-state index in [2.05, 4.69) is 82.6 Å². The largest absolute Gasteiger partial charge is 0.373 e. The van der Waals surface area contributed by atoms with Gasteiger partial charge in [-0.2, -0.15) is 0 Å². The van der Waals surface area contributed by atoms with Crippen molar-refractivity contribution in [3.8, 4) is 33.6 Å². The van der Waals surface area contributed by atoms with Gasteiger partial charge in [-0.3, -0.25) is 4.79 Å². The molecule has 7 heteroatoms. The van der Waals surface area contributed by atoms with E-state index in [4.69, 9.17) is 4.98 Å². The summed E-state index contributed by atoms with van der Waals surface area (Å²) in [6, 6.07) is 26.9. The first kappa shape index (κ1) is 29.1. The molecule has 1 saturated heterocycles. The van der Waals surface area contributed by atoms with Gasteiger partial charge in [-0.05, 0) is 66.0 Å². The number of nitrogens with zero attached hydrogens (tertiary/aromatic N) is 3. The Morgan fingerprint density at radius 2 is 1.29 bits per heavy atom. The van der Waals surface area contributed by atoms with E-state index >= 15 is 0 Å². The van der Waals surface area contributed by atoms with Crippen LogP contribution in [0.5, 0.6) is 0 Å². The summed E-state index contributed by atoms with van der Waals surface area (Å²) in [5, 5.41) is 3.47. The highest BCUT2D eigenvalue weighted by Gasteiger charge is 2.36. The van der Waals surface area contributed by atoms with Crippen molar-refractivity contribution in [2.75, 3.05) is 11.9 Å². The van der Waals surface area contributed by atoms with Gasteiger partial charge >= 0.3 is 0 Å². The topological polar surface area (TPSA) is 89.7 Å². The van der Waals surface area contributed by atoms with Crippen LogP contribution in [0.1, 0.15) is 76.0 Å². The van der Waals surface area contributed by atoms with E-state index in [1.165, 1.54) is 36.8 Å². The number of aromatic nitrogens is 4. The van der Waals surface area contributed by atoms with E-state index in [1.807, 2.05) is 47.6 Å². The molecule has 3 N–H and O–H groups in total. The zero-order valence-corrected chi connectivity index (χ0v) is 26.2. The predicted octanol–water partition coefficient (Wildman–Crippen LogP) is 8.59. The van der Waals surface area contributed by atoms with Gasteiger partial charge in [0.2, 0.25) is 5.91 Å². The fourth-order valence-electron chi connectivity index (χ4n) is 6.95. The summed E-state index contributed by atoms with van der Waals surface area (Å²) < 4.78 is 0. The van der Waals surface area contributed by atoms with Crippen LogP contribution in [-0.2, 0) is 4.79 Å². The third kappa shape index (κ3) is 6.17. The molecule has 0 bridgehead atoms. The first-order valence-electron chi connectivity index (χ1n) is 16.5.